The normalized spacial score (nSPS) is 19.3. The average molecular weight is 243 g/mol. The highest BCUT2D eigenvalue weighted by Crippen LogP contribution is 2.28. The molecule has 0 saturated carbocycles. The van der Waals surface area contributed by atoms with Crippen molar-refractivity contribution in [1.82, 2.24) is 15.0 Å². The Balaban J connectivity index is 2.11. The number of pyridine rings is 1. The third-order valence-corrected chi connectivity index (χ3v) is 3.27. The molecule has 3 rings (SSSR count). The number of hydrogen-bond donors (Lipinski definition) is 1. The van der Waals surface area contributed by atoms with Crippen LogP contribution in [0.15, 0.2) is 24.8 Å². The highest BCUT2D eigenvalue weighted by atomic mass is 16.1. The quantitative estimate of drug-likeness (QED) is 0.829. The number of carbonyl (C=O) groups is 1. The van der Waals surface area contributed by atoms with Gasteiger partial charge in [0.1, 0.15) is 18.2 Å². The third kappa shape index (κ3) is 1.66. The maximum absolute atomic E-state index is 11.4. The van der Waals surface area contributed by atoms with Crippen LogP contribution in [0.3, 0.4) is 0 Å². The molecular weight excluding hydrogens is 230 g/mol. The summed E-state index contributed by atoms with van der Waals surface area (Å²) in [5.74, 6) is 0.442. The fourth-order valence-electron chi connectivity index (χ4n) is 2.44. The number of nitrogens with two attached hydrogens (primary N) is 1. The summed E-state index contributed by atoms with van der Waals surface area (Å²) >= 11 is 0. The van der Waals surface area contributed by atoms with Crippen molar-refractivity contribution in [1.29, 1.82) is 0 Å². The van der Waals surface area contributed by atoms with Crippen molar-refractivity contribution in [2.24, 2.45) is 5.73 Å². The van der Waals surface area contributed by atoms with Crippen LogP contribution in [0.5, 0.6) is 0 Å². The summed E-state index contributed by atoms with van der Waals surface area (Å²) in [6.07, 6.45) is 6.64. The number of primary amides is 1. The lowest BCUT2D eigenvalue weighted by Crippen LogP contribution is -2.40. The molecule has 1 unspecified atom stereocenters. The van der Waals surface area contributed by atoms with Crippen LogP contribution >= 0.6 is 0 Å². The van der Waals surface area contributed by atoms with E-state index in [9.17, 15) is 4.79 Å². The van der Waals surface area contributed by atoms with Gasteiger partial charge in [0.2, 0.25) is 5.91 Å². The highest BCUT2D eigenvalue weighted by Gasteiger charge is 2.30. The lowest BCUT2D eigenvalue weighted by atomic mass is 10.2. The molecule has 1 saturated heterocycles. The largest absolute Gasteiger partial charge is 0.368 e. The summed E-state index contributed by atoms with van der Waals surface area (Å²) in [6, 6.07) is 1.55. The van der Waals surface area contributed by atoms with Gasteiger partial charge in [0.25, 0.3) is 0 Å². The number of amides is 1. The molecule has 6 nitrogen and oxygen atoms in total. The molecule has 1 aliphatic heterocycles. The second-order valence-electron chi connectivity index (χ2n) is 4.34. The molecular formula is C12H13N5O. The van der Waals surface area contributed by atoms with Gasteiger partial charge >= 0.3 is 0 Å². The maximum atomic E-state index is 11.4. The molecule has 0 aromatic carbocycles. The van der Waals surface area contributed by atoms with Crippen LogP contribution in [-0.4, -0.2) is 33.4 Å². The minimum absolute atomic E-state index is 0.275. The first kappa shape index (κ1) is 10.9. The van der Waals surface area contributed by atoms with E-state index in [0.29, 0.717) is 0 Å². The molecule has 2 aromatic rings. The fourth-order valence-corrected chi connectivity index (χ4v) is 2.44. The molecule has 18 heavy (non-hydrogen) atoms. The second-order valence-corrected chi connectivity index (χ2v) is 4.34. The first-order valence-corrected chi connectivity index (χ1v) is 5.88. The van der Waals surface area contributed by atoms with Crippen LogP contribution in [-0.2, 0) is 4.79 Å². The molecule has 0 bridgehead atoms. The molecule has 92 valence electrons. The van der Waals surface area contributed by atoms with Crippen LogP contribution in [0.4, 0.5) is 5.82 Å². The lowest BCUT2D eigenvalue weighted by Gasteiger charge is -2.24. The number of anilines is 1. The number of fused-ring (bicyclic) bond motifs is 1. The minimum Gasteiger partial charge on any atom is -0.368 e. The molecule has 0 spiro atoms. The van der Waals surface area contributed by atoms with E-state index < -0.39 is 0 Å². The summed E-state index contributed by atoms with van der Waals surface area (Å²) in [7, 11) is 0. The van der Waals surface area contributed by atoms with Crippen molar-refractivity contribution in [2.45, 2.75) is 18.9 Å². The van der Waals surface area contributed by atoms with Gasteiger partial charge in [0.05, 0.1) is 10.9 Å². The number of rotatable bonds is 2. The Hall–Kier alpha value is -2.24. The van der Waals surface area contributed by atoms with E-state index in [4.69, 9.17) is 5.73 Å². The summed E-state index contributed by atoms with van der Waals surface area (Å²) in [5, 5.41) is 0.855. The molecule has 6 heteroatoms. The van der Waals surface area contributed by atoms with Gasteiger partial charge in [-0.15, -0.1) is 0 Å². The van der Waals surface area contributed by atoms with Crippen LogP contribution in [0.2, 0.25) is 0 Å². The lowest BCUT2D eigenvalue weighted by molar-refractivity contribution is -0.119. The Labute approximate surface area is 104 Å². The molecule has 2 N–H and O–H groups in total. The highest BCUT2D eigenvalue weighted by molar-refractivity contribution is 5.92. The molecule has 0 radical (unpaired) electrons. The van der Waals surface area contributed by atoms with E-state index in [1.807, 2.05) is 11.0 Å². The van der Waals surface area contributed by atoms with Crippen molar-refractivity contribution in [2.75, 3.05) is 11.4 Å². The van der Waals surface area contributed by atoms with E-state index >= 15 is 0 Å². The Morgan fingerprint density at radius 3 is 3.17 bits per heavy atom. The predicted molar refractivity (Wildman–Crippen MR) is 66.9 cm³/mol. The van der Waals surface area contributed by atoms with Gasteiger partial charge in [-0.05, 0) is 18.9 Å². The fraction of sp³-hybridized carbons (Fsp3) is 0.333. The van der Waals surface area contributed by atoms with E-state index in [2.05, 4.69) is 15.0 Å². The monoisotopic (exact) mass is 243 g/mol. The van der Waals surface area contributed by atoms with Crippen LogP contribution < -0.4 is 10.6 Å². The van der Waals surface area contributed by atoms with Crippen LogP contribution in [0.25, 0.3) is 10.9 Å². The number of carbonyl (C=O) groups excluding carboxylic acids is 1. The summed E-state index contributed by atoms with van der Waals surface area (Å²) in [6.45, 7) is 0.786. The molecule has 1 aliphatic rings. The minimum atomic E-state index is -0.303. The van der Waals surface area contributed by atoms with Crippen molar-refractivity contribution in [3.8, 4) is 0 Å². The standard InChI is InChI=1S/C12H13N5O/c13-11(18)10-2-1-5-17(10)12-8-6-14-7-16-9(8)3-4-15-12/h3-4,6-7,10H,1-2,5H2,(H2,13,18). The van der Waals surface area contributed by atoms with E-state index in [1.165, 1.54) is 6.33 Å². The zero-order valence-electron chi connectivity index (χ0n) is 9.78. The SMILES string of the molecule is NC(=O)C1CCCN1c1nccc2ncncc12. The van der Waals surface area contributed by atoms with Gasteiger partial charge in [0, 0.05) is 18.9 Å². The molecule has 3 heterocycles. The topological polar surface area (TPSA) is 85.0 Å². The van der Waals surface area contributed by atoms with Gasteiger partial charge in [0.15, 0.2) is 0 Å². The van der Waals surface area contributed by atoms with E-state index in [1.54, 1.807) is 12.4 Å². The van der Waals surface area contributed by atoms with Crippen molar-refractivity contribution in [3.63, 3.8) is 0 Å². The Morgan fingerprint density at radius 1 is 1.44 bits per heavy atom. The van der Waals surface area contributed by atoms with E-state index in [-0.39, 0.29) is 11.9 Å². The zero-order valence-corrected chi connectivity index (χ0v) is 9.78. The Morgan fingerprint density at radius 2 is 2.33 bits per heavy atom. The number of hydrogen-bond acceptors (Lipinski definition) is 5. The average Bonchev–Trinajstić information content (AvgIpc) is 2.87. The molecule has 1 fully saturated rings. The van der Waals surface area contributed by atoms with Gasteiger partial charge in [-0.25, -0.2) is 15.0 Å². The molecule has 0 aliphatic carbocycles. The van der Waals surface area contributed by atoms with Gasteiger partial charge in [-0.3, -0.25) is 4.79 Å². The van der Waals surface area contributed by atoms with Gasteiger partial charge < -0.3 is 10.6 Å². The van der Waals surface area contributed by atoms with Gasteiger partial charge in [-0.2, -0.15) is 0 Å². The third-order valence-electron chi connectivity index (χ3n) is 3.27. The van der Waals surface area contributed by atoms with Crippen LogP contribution in [0, 0.1) is 0 Å². The molecule has 1 amide bonds. The van der Waals surface area contributed by atoms with Crippen molar-refractivity contribution >= 4 is 22.6 Å². The van der Waals surface area contributed by atoms with Crippen molar-refractivity contribution in [3.05, 3.63) is 24.8 Å². The molecule has 1 atom stereocenters. The summed E-state index contributed by atoms with van der Waals surface area (Å²) in [5.41, 5.74) is 6.25. The Bertz CT molecular complexity index is 595. The first-order valence-electron chi connectivity index (χ1n) is 5.88. The zero-order chi connectivity index (χ0) is 12.5. The maximum Gasteiger partial charge on any atom is 0.240 e. The number of aromatic nitrogens is 3. The predicted octanol–water partition coefficient (Wildman–Crippen LogP) is 0.479. The summed E-state index contributed by atoms with van der Waals surface area (Å²) < 4.78 is 0. The second kappa shape index (κ2) is 4.21. The first-order chi connectivity index (χ1) is 8.77. The van der Waals surface area contributed by atoms with Crippen molar-refractivity contribution < 1.29 is 4.79 Å². The smallest absolute Gasteiger partial charge is 0.240 e. The van der Waals surface area contributed by atoms with Gasteiger partial charge in [-0.1, -0.05) is 0 Å². The van der Waals surface area contributed by atoms with E-state index in [0.717, 1.165) is 36.1 Å². The molecule has 2 aromatic heterocycles. The summed E-state index contributed by atoms with van der Waals surface area (Å²) in [4.78, 5) is 26.0. The number of nitrogens with zero attached hydrogens (tertiary/aromatic N) is 4. The van der Waals surface area contributed by atoms with Crippen LogP contribution in [0.1, 0.15) is 12.8 Å². The Kier molecular flexibility index (Phi) is 2.55.